The van der Waals surface area contributed by atoms with E-state index in [1.54, 1.807) is 25.4 Å². The lowest BCUT2D eigenvalue weighted by atomic mass is 10.1. The van der Waals surface area contributed by atoms with E-state index in [1.807, 2.05) is 30.3 Å². The number of aliphatic imine (C=N–C) groups is 1. The summed E-state index contributed by atoms with van der Waals surface area (Å²) in [4.78, 5) is 10.6. The Morgan fingerprint density at radius 3 is 2.88 bits per heavy atom. The molecule has 1 aliphatic heterocycles. The summed E-state index contributed by atoms with van der Waals surface area (Å²) in [5.41, 5.74) is 0.815. The predicted molar refractivity (Wildman–Crippen MR) is 103 cm³/mol. The van der Waals surface area contributed by atoms with Gasteiger partial charge in [0.25, 0.3) is 0 Å². The van der Waals surface area contributed by atoms with Crippen molar-refractivity contribution in [1.82, 2.24) is 15.2 Å². The van der Waals surface area contributed by atoms with E-state index in [-0.39, 0.29) is 6.10 Å². The van der Waals surface area contributed by atoms with Crippen molar-refractivity contribution in [3.05, 3.63) is 59.2 Å². The molecule has 2 heterocycles. The van der Waals surface area contributed by atoms with E-state index >= 15 is 0 Å². The quantitative estimate of drug-likeness (QED) is 0.621. The van der Waals surface area contributed by atoms with Gasteiger partial charge in [-0.2, -0.15) is 0 Å². The second-order valence-corrected chi connectivity index (χ2v) is 6.57. The second-order valence-electron chi connectivity index (χ2n) is 6.14. The van der Waals surface area contributed by atoms with Crippen LogP contribution in [0.25, 0.3) is 0 Å². The molecular weight excluding hydrogens is 352 g/mol. The van der Waals surface area contributed by atoms with Crippen LogP contribution in [0, 0.1) is 0 Å². The van der Waals surface area contributed by atoms with Crippen LogP contribution >= 0.6 is 11.6 Å². The van der Waals surface area contributed by atoms with Crippen molar-refractivity contribution in [2.75, 3.05) is 26.7 Å². The summed E-state index contributed by atoms with van der Waals surface area (Å²) in [6, 6.07) is 12.8. The number of benzene rings is 1. The minimum atomic E-state index is -0.632. The van der Waals surface area contributed by atoms with Gasteiger partial charge < -0.3 is 20.1 Å². The SMILES string of the molecule is CN=C(NCC(O)c1ccc(Cl)cc1)N1CCC(Oc2ccccn2)C1. The number of guanidine groups is 1. The number of nitrogens with one attached hydrogen (secondary N) is 1. The highest BCUT2D eigenvalue weighted by atomic mass is 35.5. The summed E-state index contributed by atoms with van der Waals surface area (Å²) in [7, 11) is 1.74. The fourth-order valence-corrected chi connectivity index (χ4v) is 3.05. The maximum Gasteiger partial charge on any atom is 0.213 e. The fourth-order valence-electron chi connectivity index (χ4n) is 2.93. The van der Waals surface area contributed by atoms with Crippen LogP contribution < -0.4 is 10.1 Å². The number of aromatic nitrogens is 1. The van der Waals surface area contributed by atoms with Crippen LogP contribution in [-0.2, 0) is 0 Å². The molecule has 26 heavy (non-hydrogen) atoms. The van der Waals surface area contributed by atoms with Gasteiger partial charge in [-0.25, -0.2) is 4.98 Å². The lowest BCUT2D eigenvalue weighted by Crippen LogP contribution is -2.42. The smallest absolute Gasteiger partial charge is 0.213 e. The predicted octanol–water partition coefficient (Wildman–Crippen LogP) is 2.50. The molecular formula is C19H23ClN4O2. The van der Waals surface area contributed by atoms with E-state index in [1.165, 1.54) is 0 Å². The van der Waals surface area contributed by atoms with E-state index in [0.717, 1.165) is 31.0 Å². The molecule has 0 saturated carbocycles. The van der Waals surface area contributed by atoms with Crippen LogP contribution in [0.5, 0.6) is 5.88 Å². The summed E-state index contributed by atoms with van der Waals surface area (Å²) in [6.07, 6.45) is 2.06. The number of aliphatic hydroxyl groups is 1. The molecule has 6 nitrogen and oxygen atoms in total. The van der Waals surface area contributed by atoms with Crippen molar-refractivity contribution in [2.24, 2.45) is 4.99 Å². The molecule has 1 aromatic heterocycles. The van der Waals surface area contributed by atoms with Crippen LogP contribution in [0.3, 0.4) is 0 Å². The fraction of sp³-hybridized carbons (Fsp3) is 0.368. The number of hydrogen-bond acceptors (Lipinski definition) is 4. The zero-order valence-corrected chi connectivity index (χ0v) is 15.4. The Morgan fingerprint density at radius 2 is 2.19 bits per heavy atom. The second kappa shape index (κ2) is 8.87. The van der Waals surface area contributed by atoms with Crippen molar-refractivity contribution in [1.29, 1.82) is 0 Å². The first-order chi connectivity index (χ1) is 12.7. The Balaban J connectivity index is 1.50. The lowest BCUT2D eigenvalue weighted by Gasteiger charge is -2.23. The highest BCUT2D eigenvalue weighted by Crippen LogP contribution is 2.18. The Bertz CT molecular complexity index is 724. The van der Waals surface area contributed by atoms with E-state index in [0.29, 0.717) is 17.4 Å². The van der Waals surface area contributed by atoms with Crippen LogP contribution in [0.2, 0.25) is 5.02 Å². The average molecular weight is 375 g/mol. The zero-order valence-electron chi connectivity index (χ0n) is 14.7. The molecule has 2 unspecified atom stereocenters. The summed E-state index contributed by atoms with van der Waals surface area (Å²) in [5, 5.41) is 14.2. The molecule has 138 valence electrons. The van der Waals surface area contributed by atoms with E-state index < -0.39 is 6.10 Å². The largest absolute Gasteiger partial charge is 0.472 e. The number of pyridine rings is 1. The van der Waals surface area contributed by atoms with E-state index in [2.05, 4.69) is 20.2 Å². The topological polar surface area (TPSA) is 70.0 Å². The number of halogens is 1. The monoisotopic (exact) mass is 374 g/mol. The first-order valence-electron chi connectivity index (χ1n) is 8.62. The molecule has 1 aromatic carbocycles. The lowest BCUT2D eigenvalue weighted by molar-refractivity contribution is 0.179. The number of aliphatic hydroxyl groups excluding tert-OH is 1. The molecule has 7 heteroatoms. The van der Waals surface area contributed by atoms with Gasteiger partial charge in [-0.15, -0.1) is 0 Å². The summed E-state index contributed by atoms with van der Waals surface area (Å²) in [5.74, 6) is 1.39. The standard InChI is InChI=1S/C19H23ClN4O2/c1-21-19(23-12-17(25)14-5-7-15(20)8-6-14)24-11-9-16(13-24)26-18-4-2-3-10-22-18/h2-8,10,16-17,25H,9,11-13H2,1H3,(H,21,23). The molecule has 0 aliphatic carbocycles. The number of hydrogen-bond donors (Lipinski definition) is 2. The van der Waals surface area contributed by atoms with Crippen LogP contribution in [0.4, 0.5) is 0 Å². The molecule has 2 aromatic rings. The minimum absolute atomic E-state index is 0.0737. The van der Waals surface area contributed by atoms with Gasteiger partial charge in [-0.05, 0) is 23.8 Å². The van der Waals surface area contributed by atoms with Gasteiger partial charge in [-0.1, -0.05) is 29.8 Å². The normalized spacial score (nSPS) is 18.7. The van der Waals surface area contributed by atoms with Crippen molar-refractivity contribution in [3.63, 3.8) is 0 Å². The van der Waals surface area contributed by atoms with Crippen molar-refractivity contribution < 1.29 is 9.84 Å². The Hall–Kier alpha value is -2.31. The Morgan fingerprint density at radius 1 is 1.38 bits per heavy atom. The van der Waals surface area contributed by atoms with Crippen LogP contribution in [-0.4, -0.2) is 53.7 Å². The summed E-state index contributed by atoms with van der Waals surface area (Å²) >= 11 is 5.88. The van der Waals surface area contributed by atoms with Gasteiger partial charge in [0.15, 0.2) is 5.96 Å². The summed E-state index contributed by atoms with van der Waals surface area (Å²) in [6.45, 7) is 1.94. The third kappa shape index (κ3) is 4.86. The van der Waals surface area contributed by atoms with Gasteiger partial charge in [0.1, 0.15) is 6.10 Å². The minimum Gasteiger partial charge on any atom is -0.472 e. The van der Waals surface area contributed by atoms with E-state index in [9.17, 15) is 5.11 Å². The molecule has 1 aliphatic rings. The number of nitrogens with zero attached hydrogens (tertiary/aromatic N) is 3. The maximum absolute atomic E-state index is 10.3. The Kier molecular flexibility index (Phi) is 6.30. The number of ether oxygens (including phenoxy) is 1. The zero-order chi connectivity index (χ0) is 18.4. The number of likely N-dealkylation sites (tertiary alicyclic amines) is 1. The van der Waals surface area contributed by atoms with Crippen molar-refractivity contribution >= 4 is 17.6 Å². The molecule has 0 bridgehead atoms. The first-order valence-corrected chi connectivity index (χ1v) is 9.00. The molecule has 0 radical (unpaired) electrons. The van der Waals surface area contributed by atoms with Crippen LogP contribution in [0.15, 0.2) is 53.7 Å². The first kappa shape index (κ1) is 18.5. The van der Waals surface area contributed by atoms with Gasteiger partial charge in [0.2, 0.25) is 5.88 Å². The van der Waals surface area contributed by atoms with E-state index in [4.69, 9.17) is 16.3 Å². The molecule has 0 spiro atoms. The molecule has 3 rings (SSSR count). The average Bonchev–Trinajstić information content (AvgIpc) is 3.12. The summed E-state index contributed by atoms with van der Waals surface area (Å²) < 4.78 is 5.91. The van der Waals surface area contributed by atoms with Gasteiger partial charge in [0.05, 0.1) is 12.6 Å². The maximum atomic E-state index is 10.3. The third-order valence-corrected chi connectivity index (χ3v) is 4.54. The van der Waals surface area contributed by atoms with Gasteiger partial charge in [0, 0.05) is 43.8 Å². The highest BCUT2D eigenvalue weighted by Gasteiger charge is 2.26. The molecule has 2 atom stereocenters. The number of rotatable bonds is 5. The molecule has 1 saturated heterocycles. The van der Waals surface area contributed by atoms with Gasteiger partial charge in [-0.3, -0.25) is 4.99 Å². The highest BCUT2D eigenvalue weighted by molar-refractivity contribution is 6.30. The Labute approximate surface area is 158 Å². The van der Waals surface area contributed by atoms with Crippen molar-refractivity contribution in [2.45, 2.75) is 18.6 Å². The molecule has 1 fully saturated rings. The van der Waals surface area contributed by atoms with Gasteiger partial charge >= 0.3 is 0 Å². The third-order valence-electron chi connectivity index (χ3n) is 4.29. The van der Waals surface area contributed by atoms with Crippen molar-refractivity contribution in [3.8, 4) is 5.88 Å². The van der Waals surface area contributed by atoms with Crippen LogP contribution in [0.1, 0.15) is 18.1 Å². The molecule has 0 amide bonds. The molecule has 2 N–H and O–H groups in total.